The number of hydrogen-bond acceptors (Lipinski definition) is 1. The largest absolute Gasteiger partial charge is 0.385 e. The van der Waals surface area contributed by atoms with E-state index in [1.165, 1.54) is 12.8 Å². The van der Waals surface area contributed by atoms with Gasteiger partial charge in [0.25, 0.3) is 0 Å². The Morgan fingerprint density at radius 3 is 2.38 bits per heavy atom. The molecule has 1 aliphatic rings. The Morgan fingerprint density at radius 1 is 1.31 bits per heavy atom. The van der Waals surface area contributed by atoms with Gasteiger partial charge in [-0.15, -0.1) is 0 Å². The van der Waals surface area contributed by atoms with Crippen LogP contribution in [0, 0.1) is 5.92 Å². The normalized spacial score (nSPS) is 21.1. The molecule has 0 bridgehead atoms. The summed E-state index contributed by atoms with van der Waals surface area (Å²) in [7, 11) is 0. The molecular formula is C12H16O. The van der Waals surface area contributed by atoms with Crippen LogP contribution in [0.5, 0.6) is 0 Å². The van der Waals surface area contributed by atoms with Gasteiger partial charge >= 0.3 is 0 Å². The SMILES string of the molecule is CCC(O)(c1ccccc1)C1CC1. The van der Waals surface area contributed by atoms with Gasteiger partial charge in [0.15, 0.2) is 0 Å². The van der Waals surface area contributed by atoms with Crippen molar-refractivity contribution in [2.75, 3.05) is 0 Å². The summed E-state index contributed by atoms with van der Waals surface area (Å²) >= 11 is 0. The van der Waals surface area contributed by atoms with Crippen LogP contribution in [0.15, 0.2) is 30.3 Å². The fraction of sp³-hybridized carbons (Fsp3) is 0.500. The topological polar surface area (TPSA) is 20.2 Å². The second-order valence-electron chi connectivity index (χ2n) is 3.92. The van der Waals surface area contributed by atoms with Crippen LogP contribution in [0.4, 0.5) is 0 Å². The average Bonchev–Trinajstić information content (AvgIpc) is 3.02. The molecule has 1 atom stereocenters. The van der Waals surface area contributed by atoms with Gasteiger partial charge in [0.1, 0.15) is 0 Å². The monoisotopic (exact) mass is 176 g/mol. The van der Waals surface area contributed by atoms with Crippen LogP contribution >= 0.6 is 0 Å². The van der Waals surface area contributed by atoms with Crippen molar-refractivity contribution in [3.8, 4) is 0 Å². The first kappa shape index (κ1) is 8.76. The van der Waals surface area contributed by atoms with E-state index in [2.05, 4.69) is 6.92 Å². The van der Waals surface area contributed by atoms with Crippen molar-refractivity contribution in [2.24, 2.45) is 5.92 Å². The minimum Gasteiger partial charge on any atom is -0.385 e. The van der Waals surface area contributed by atoms with Crippen LogP contribution in [0.3, 0.4) is 0 Å². The molecule has 0 radical (unpaired) electrons. The third kappa shape index (κ3) is 1.49. The smallest absolute Gasteiger partial charge is 0.0921 e. The first-order valence-electron chi connectivity index (χ1n) is 5.05. The van der Waals surface area contributed by atoms with Crippen LogP contribution in [0.2, 0.25) is 0 Å². The molecule has 0 aromatic heterocycles. The van der Waals surface area contributed by atoms with Gasteiger partial charge in [-0.25, -0.2) is 0 Å². The molecule has 1 unspecified atom stereocenters. The lowest BCUT2D eigenvalue weighted by Crippen LogP contribution is -2.27. The third-order valence-electron chi connectivity index (χ3n) is 3.07. The van der Waals surface area contributed by atoms with Crippen LogP contribution in [0.25, 0.3) is 0 Å². The second-order valence-corrected chi connectivity index (χ2v) is 3.92. The summed E-state index contributed by atoms with van der Waals surface area (Å²) in [5.74, 6) is 0.500. The van der Waals surface area contributed by atoms with E-state index in [4.69, 9.17) is 0 Å². The Balaban J connectivity index is 2.30. The fourth-order valence-corrected chi connectivity index (χ4v) is 2.02. The summed E-state index contributed by atoms with van der Waals surface area (Å²) in [6, 6.07) is 10.0. The van der Waals surface area contributed by atoms with Gasteiger partial charge in [-0.3, -0.25) is 0 Å². The Labute approximate surface area is 79.4 Å². The zero-order valence-corrected chi connectivity index (χ0v) is 8.03. The maximum atomic E-state index is 10.4. The molecule has 1 nitrogen and oxygen atoms in total. The first-order valence-corrected chi connectivity index (χ1v) is 5.05. The average molecular weight is 176 g/mol. The number of benzene rings is 1. The lowest BCUT2D eigenvalue weighted by Gasteiger charge is -2.27. The Hall–Kier alpha value is -0.820. The van der Waals surface area contributed by atoms with E-state index in [9.17, 15) is 5.11 Å². The zero-order chi connectivity index (χ0) is 9.31. The third-order valence-corrected chi connectivity index (χ3v) is 3.07. The van der Waals surface area contributed by atoms with E-state index < -0.39 is 5.60 Å². The molecule has 0 spiro atoms. The molecule has 0 heterocycles. The maximum absolute atomic E-state index is 10.4. The van der Waals surface area contributed by atoms with Crippen molar-refractivity contribution >= 4 is 0 Å². The number of hydrogen-bond donors (Lipinski definition) is 1. The molecule has 0 saturated heterocycles. The minimum absolute atomic E-state index is 0.500. The van der Waals surface area contributed by atoms with Crippen molar-refractivity contribution in [1.82, 2.24) is 0 Å². The molecule has 13 heavy (non-hydrogen) atoms. The molecular weight excluding hydrogens is 160 g/mol. The predicted octanol–water partition coefficient (Wildman–Crippen LogP) is 2.69. The fourth-order valence-electron chi connectivity index (χ4n) is 2.02. The number of rotatable bonds is 3. The summed E-state index contributed by atoms with van der Waals surface area (Å²) in [5.41, 5.74) is 0.529. The Bertz CT molecular complexity index is 276. The summed E-state index contributed by atoms with van der Waals surface area (Å²) in [5, 5.41) is 10.4. The number of aliphatic hydroxyl groups is 1. The molecule has 0 aliphatic heterocycles. The molecule has 1 N–H and O–H groups in total. The zero-order valence-electron chi connectivity index (χ0n) is 8.03. The van der Waals surface area contributed by atoms with E-state index in [-0.39, 0.29) is 0 Å². The molecule has 1 saturated carbocycles. The van der Waals surface area contributed by atoms with Crippen molar-refractivity contribution < 1.29 is 5.11 Å². The van der Waals surface area contributed by atoms with Crippen LogP contribution < -0.4 is 0 Å². The molecule has 1 heteroatoms. The highest BCUT2D eigenvalue weighted by molar-refractivity contribution is 5.24. The van der Waals surface area contributed by atoms with E-state index in [0.717, 1.165) is 12.0 Å². The highest BCUT2D eigenvalue weighted by Crippen LogP contribution is 2.47. The second kappa shape index (κ2) is 3.15. The van der Waals surface area contributed by atoms with E-state index in [1.54, 1.807) is 0 Å². The van der Waals surface area contributed by atoms with Crippen LogP contribution in [0.1, 0.15) is 31.7 Å². The van der Waals surface area contributed by atoms with Crippen molar-refractivity contribution in [3.05, 3.63) is 35.9 Å². The Kier molecular flexibility index (Phi) is 2.12. The molecule has 1 aliphatic carbocycles. The highest BCUT2D eigenvalue weighted by atomic mass is 16.3. The lowest BCUT2D eigenvalue weighted by molar-refractivity contribution is 0.00890. The lowest BCUT2D eigenvalue weighted by atomic mass is 9.86. The summed E-state index contributed by atoms with van der Waals surface area (Å²) in [6.45, 7) is 2.06. The van der Waals surface area contributed by atoms with Gasteiger partial charge in [-0.1, -0.05) is 37.3 Å². The van der Waals surface area contributed by atoms with Crippen molar-refractivity contribution in [1.29, 1.82) is 0 Å². The van der Waals surface area contributed by atoms with E-state index >= 15 is 0 Å². The summed E-state index contributed by atoms with van der Waals surface area (Å²) in [4.78, 5) is 0. The van der Waals surface area contributed by atoms with Gasteiger partial charge < -0.3 is 5.11 Å². The van der Waals surface area contributed by atoms with Gasteiger partial charge in [-0.2, -0.15) is 0 Å². The van der Waals surface area contributed by atoms with Gasteiger partial charge in [0, 0.05) is 0 Å². The summed E-state index contributed by atoms with van der Waals surface area (Å²) < 4.78 is 0. The van der Waals surface area contributed by atoms with Gasteiger partial charge in [0.05, 0.1) is 5.60 Å². The minimum atomic E-state index is -0.554. The molecule has 70 valence electrons. The van der Waals surface area contributed by atoms with Gasteiger partial charge in [-0.05, 0) is 30.7 Å². The van der Waals surface area contributed by atoms with Crippen molar-refractivity contribution in [3.63, 3.8) is 0 Å². The predicted molar refractivity (Wildman–Crippen MR) is 53.4 cm³/mol. The molecule has 0 amide bonds. The molecule has 1 fully saturated rings. The molecule has 2 rings (SSSR count). The first-order chi connectivity index (χ1) is 6.27. The van der Waals surface area contributed by atoms with E-state index in [0.29, 0.717) is 5.92 Å². The Morgan fingerprint density at radius 2 is 1.92 bits per heavy atom. The van der Waals surface area contributed by atoms with E-state index in [1.807, 2.05) is 30.3 Å². The van der Waals surface area contributed by atoms with Crippen LogP contribution in [-0.2, 0) is 5.60 Å². The standard InChI is InChI=1S/C12H16O/c1-2-12(13,11-8-9-11)10-6-4-3-5-7-10/h3-7,11,13H,2,8-9H2,1H3. The maximum Gasteiger partial charge on any atom is 0.0921 e. The van der Waals surface area contributed by atoms with Gasteiger partial charge in [0.2, 0.25) is 0 Å². The van der Waals surface area contributed by atoms with Crippen LogP contribution in [-0.4, -0.2) is 5.11 Å². The molecule has 1 aromatic carbocycles. The van der Waals surface area contributed by atoms with Crippen molar-refractivity contribution in [2.45, 2.75) is 31.8 Å². The quantitative estimate of drug-likeness (QED) is 0.750. The highest BCUT2D eigenvalue weighted by Gasteiger charge is 2.43. The summed E-state index contributed by atoms with van der Waals surface area (Å²) in [6.07, 6.45) is 3.18. The molecule has 1 aromatic rings.